The van der Waals surface area contributed by atoms with Crippen LogP contribution in [0.4, 0.5) is 0 Å². The average Bonchev–Trinajstić information content (AvgIpc) is 2.78. The van der Waals surface area contributed by atoms with Crippen LogP contribution < -0.4 is 0 Å². The first-order valence-electron chi connectivity index (χ1n) is 5.09. The molecule has 0 aliphatic rings. The van der Waals surface area contributed by atoms with Gasteiger partial charge in [-0.3, -0.25) is 0 Å². The standard InChI is InChI=1S/C12H12N2O2/c1-2-9-4-3-5-10(8-9)14-7-6-11(13-14)12(15)16/h3-8H,2H2,1H3,(H,15,16). The Kier molecular flexibility index (Phi) is 2.72. The van der Waals surface area contributed by atoms with Crippen molar-refractivity contribution in [1.29, 1.82) is 0 Å². The van der Waals surface area contributed by atoms with Crippen LogP contribution in [-0.2, 0) is 6.42 Å². The van der Waals surface area contributed by atoms with Gasteiger partial charge in [0.05, 0.1) is 5.69 Å². The van der Waals surface area contributed by atoms with E-state index < -0.39 is 5.97 Å². The maximum absolute atomic E-state index is 10.7. The topological polar surface area (TPSA) is 55.1 Å². The molecule has 1 heterocycles. The normalized spacial score (nSPS) is 10.3. The Bertz CT molecular complexity index is 517. The summed E-state index contributed by atoms with van der Waals surface area (Å²) in [6, 6.07) is 9.36. The second-order valence-electron chi connectivity index (χ2n) is 3.47. The van der Waals surface area contributed by atoms with Crippen molar-refractivity contribution in [2.45, 2.75) is 13.3 Å². The number of aromatic nitrogens is 2. The number of aromatic carboxylic acids is 1. The number of hydrogen-bond acceptors (Lipinski definition) is 2. The smallest absolute Gasteiger partial charge is 0.356 e. The van der Waals surface area contributed by atoms with Crippen LogP contribution in [0.25, 0.3) is 5.69 Å². The molecule has 1 N–H and O–H groups in total. The molecule has 0 unspecified atom stereocenters. The number of carbonyl (C=O) groups is 1. The number of carboxylic acid groups (broad SMARTS) is 1. The number of hydrogen-bond donors (Lipinski definition) is 1. The van der Waals surface area contributed by atoms with Crippen molar-refractivity contribution in [3.63, 3.8) is 0 Å². The highest BCUT2D eigenvalue weighted by atomic mass is 16.4. The molecule has 0 radical (unpaired) electrons. The van der Waals surface area contributed by atoms with Gasteiger partial charge in [-0.15, -0.1) is 0 Å². The van der Waals surface area contributed by atoms with Crippen LogP contribution in [0.1, 0.15) is 23.0 Å². The predicted octanol–water partition coefficient (Wildman–Crippen LogP) is 2.13. The van der Waals surface area contributed by atoms with E-state index in [4.69, 9.17) is 5.11 Å². The number of benzene rings is 1. The van der Waals surface area contributed by atoms with Crippen molar-refractivity contribution in [3.8, 4) is 5.69 Å². The molecule has 1 aromatic carbocycles. The minimum absolute atomic E-state index is 0.0573. The first-order chi connectivity index (χ1) is 7.70. The van der Waals surface area contributed by atoms with Crippen LogP contribution in [0.2, 0.25) is 0 Å². The fourth-order valence-corrected chi connectivity index (χ4v) is 1.50. The maximum atomic E-state index is 10.7. The van der Waals surface area contributed by atoms with Gasteiger partial charge in [0.2, 0.25) is 0 Å². The number of aryl methyl sites for hydroxylation is 1. The average molecular weight is 216 g/mol. The largest absolute Gasteiger partial charge is 0.476 e. The van der Waals surface area contributed by atoms with Gasteiger partial charge >= 0.3 is 5.97 Å². The lowest BCUT2D eigenvalue weighted by atomic mass is 10.1. The van der Waals surface area contributed by atoms with E-state index in [1.54, 1.807) is 10.9 Å². The van der Waals surface area contributed by atoms with Crippen LogP contribution in [0.15, 0.2) is 36.5 Å². The summed E-state index contributed by atoms with van der Waals surface area (Å²) in [4.78, 5) is 10.7. The van der Waals surface area contributed by atoms with E-state index in [1.165, 1.54) is 11.6 Å². The molecule has 0 saturated carbocycles. The monoisotopic (exact) mass is 216 g/mol. The third-order valence-corrected chi connectivity index (χ3v) is 2.39. The van der Waals surface area contributed by atoms with Gasteiger partial charge in [0.25, 0.3) is 0 Å². The molecule has 0 bridgehead atoms. The zero-order valence-corrected chi connectivity index (χ0v) is 8.92. The maximum Gasteiger partial charge on any atom is 0.356 e. The molecule has 2 aromatic rings. The van der Waals surface area contributed by atoms with Crippen LogP contribution >= 0.6 is 0 Å². The molecule has 82 valence electrons. The summed E-state index contributed by atoms with van der Waals surface area (Å²) in [6.45, 7) is 2.07. The van der Waals surface area contributed by atoms with Gasteiger partial charge < -0.3 is 5.11 Å². The number of nitrogens with zero attached hydrogens (tertiary/aromatic N) is 2. The molecule has 0 spiro atoms. The van der Waals surface area contributed by atoms with Gasteiger partial charge in [0, 0.05) is 6.20 Å². The minimum Gasteiger partial charge on any atom is -0.476 e. The molecule has 0 aliphatic heterocycles. The van der Waals surface area contributed by atoms with Crippen molar-refractivity contribution >= 4 is 5.97 Å². The van der Waals surface area contributed by atoms with Crippen LogP contribution in [0.3, 0.4) is 0 Å². The summed E-state index contributed by atoms with van der Waals surface area (Å²) in [7, 11) is 0. The summed E-state index contributed by atoms with van der Waals surface area (Å²) in [5.74, 6) is -1.01. The highest BCUT2D eigenvalue weighted by Crippen LogP contribution is 2.11. The Morgan fingerprint density at radius 2 is 2.25 bits per heavy atom. The van der Waals surface area contributed by atoms with E-state index in [0.29, 0.717) is 0 Å². The van der Waals surface area contributed by atoms with Crippen LogP contribution in [0.5, 0.6) is 0 Å². The van der Waals surface area contributed by atoms with Crippen molar-refractivity contribution in [1.82, 2.24) is 9.78 Å². The van der Waals surface area contributed by atoms with Gasteiger partial charge in [-0.2, -0.15) is 5.10 Å². The molecule has 0 aliphatic carbocycles. The zero-order chi connectivity index (χ0) is 11.5. The molecule has 4 nitrogen and oxygen atoms in total. The molecular formula is C12H12N2O2. The highest BCUT2D eigenvalue weighted by molar-refractivity contribution is 5.85. The van der Waals surface area contributed by atoms with Gasteiger partial charge in [0.15, 0.2) is 5.69 Å². The van der Waals surface area contributed by atoms with E-state index in [2.05, 4.69) is 12.0 Å². The first kappa shape index (κ1) is 10.4. The molecule has 0 saturated heterocycles. The minimum atomic E-state index is -1.01. The van der Waals surface area contributed by atoms with E-state index in [9.17, 15) is 4.79 Å². The molecule has 2 rings (SSSR count). The molecular weight excluding hydrogens is 204 g/mol. The summed E-state index contributed by atoms with van der Waals surface area (Å²) >= 11 is 0. The summed E-state index contributed by atoms with van der Waals surface area (Å²) in [5.41, 5.74) is 2.14. The molecule has 16 heavy (non-hydrogen) atoms. The molecule has 0 fully saturated rings. The van der Waals surface area contributed by atoms with Crippen molar-refractivity contribution < 1.29 is 9.90 Å². The SMILES string of the molecule is CCc1cccc(-n2ccc(C(=O)O)n2)c1. The van der Waals surface area contributed by atoms with E-state index in [0.717, 1.165) is 12.1 Å². The van der Waals surface area contributed by atoms with Gasteiger partial charge in [-0.25, -0.2) is 9.48 Å². The Balaban J connectivity index is 2.38. The van der Waals surface area contributed by atoms with Crippen LogP contribution in [-0.4, -0.2) is 20.9 Å². The number of carboxylic acids is 1. The lowest BCUT2D eigenvalue weighted by molar-refractivity contribution is 0.0690. The third kappa shape index (κ3) is 1.95. The Morgan fingerprint density at radius 3 is 2.88 bits per heavy atom. The predicted molar refractivity (Wildman–Crippen MR) is 59.9 cm³/mol. The molecule has 4 heteroatoms. The molecule has 0 amide bonds. The van der Waals surface area contributed by atoms with E-state index >= 15 is 0 Å². The van der Waals surface area contributed by atoms with Gasteiger partial charge in [0.1, 0.15) is 0 Å². The first-order valence-corrected chi connectivity index (χ1v) is 5.09. The zero-order valence-electron chi connectivity index (χ0n) is 8.92. The van der Waals surface area contributed by atoms with Crippen molar-refractivity contribution in [3.05, 3.63) is 47.8 Å². The highest BCUT2D eigenvalue weighted by Gasteiger charge is 2.07. The fourth-order valence-electron chi connectivity index (χ4n) is 1.50. The molecule has 1 aromatic heterocycles. The lowest BCUT2D eigenvalue weighted by Gasteiger charge is -2.03. The Morgan fingerprint density at radius 1 is 1.44 bits per heavy atom. The van der Waals surface area contributed by atoms with Crippen molar-refractivity contribution in [2.75, 3.05) is 0 Å². The molecule has 0 atom stereocenters. The quantitative estimate of drug-likeness (QED) is 0.855. The van der Waals surface area contributed by atoms with Crippen LogP contribution in [0, 0.1) is 0 Å². The summed E-state index contributed by atoms with van der Waals surface area (Å²) in [5, 5.41) is 12.7. The van der Waals surface area contributed by atoms with Crippen molar-refractivity contribution in [2.24, 2.45) is 0 Å². The van der Waals surface area contributed by atoms with E-state index in [-0.39, 0.29) is 5.69 Å². The summed E-state index contributed by atoms with van der Waals surface area (Å²) < 4.78 is 1.57. The fraction of sp³-hybridized carbons (Fsp3) is 0.167. The Hall–Kier alpha value is -2.10. The van der Waals surface area contributed by atoms with Gasteiger partial charge in [-0.05, 0) is 30.2 Å². The lowest BCUT2D eigenvalue weighted by Crippen LogP contribution is -2.01. The van der Waals surface area contributed by atoms with Gasteiger partial charge in [-0.1, -0.05) is 19.1 Å². The number of rotatable bonds is 3. The summed E-state index contributed by atoms with van der Waals surface area (Å²) in [6.07, 6.45) is 2.60. The van der Waals surface area contributed by atoms with E-state index in [1.807, 2.05) is 24.3 Å². The second-order valence-corrected chi connectivity index (χ2v) is 3.47. The Labute approximate surface area is 93.1 Å². The third-order valence-electron chi connectivity index (χ3n) is 2.39. The second kappa shape index (κ2) is 4.18.